The summed E-state index contributed by atoms with van der Waals surface area (Å²) in [5, 5.41) is 8.75. The molecule has 0 saturated heterocycles. The maximum Gasteiger partial charge on any atom is 0.324 e. The summed E-state index contributed by atoms with van der Waals surface area (Å²) in [5.74, 6) is 0.525. The smallest absolute Gasteiger partial charge is 0.324 e. The molecule has 1 aromatic heterocycles. The Bertz CT molecular complexity index is 585. The number of methoxy groups -OCH3 is 1. The van der Waals surface area contributed by atoms with E-state index in [9.17, 15) is 4.79 Å². The van der Waals surface area contributed by atoms with Crippen molar-refractivity contribution in [3.05, 3.63) is 40.2 Å². The Kier molecular flexibility index (Phi) is 4.29. The van der Waals surface area contributed by atoms with Crippen LogP contribution in [0.3, 0.4) is 0 Å². The largest absolute Gasteiger partial charge is 0.495 e. The molecule has 6 heteroatoms. The van der Waals surface area contributed by atoms with Gasteiger partial charge in [-0.05, 0) is 36.1 Å². The van der Waals surface area contributed by atoms with Gasteiger partial charge in [0.15, 0.2) is 0 Å². The number of hydrogen-bond acceptors (Lipinski definition) is 3. The van der Waals surface area contributed by atoms with E-state index in [-0.39, 0.29) is 6.03 Å². The molecule has 2 N–H and O–H groups in total. The fraction of sp³-hybridized carbons (Fsp3) is 0.154. The second-order valence-corrected chi connectivity index (χ2v) is 5.21. The lowest BCUT2D eigenvalue weighted by molar-refractivity contribution is 0.262. The highest BCUT2D eigenvalue weighted by molar-refractivity contribution is 7.14. The Morgan fingerprint density at radius 3 is 2.79 bits per heavy atom. The molecule has 0 spiro atoms. The monoisotopic (exact) mass is 296 g/mol. The number of nitrogens with one attached hydrogen (secondary N) is 2. The van der Waals surface area contributed by atoms with Gasteiger partial charge in [-0.15, -0.1) is 11.3 Å². The maximum absolute atomic E-state index is 11.8. The second-order valence-electron chi connectivity index (χ2n) is 3.86. The normalized spacial score (nSPS) is 10.1. The van der Waals surface area contributed by atoms with Crippen molar-refractivity contribution >= 4 is 39.7 Å². The quantitative estimate of drug-likeness (QED) is 0.884. The van der Waals surface area contributed by atoms with Crippen LogP contribution >= 0.6 is 22.9 Å². The zero-order valence-corrected chi connectivity index (χ0v) is 12.1. The SMILES string of the molecule is COc1cc(Cl)c(C)cc1NC(=O)Nc1cccs1. The van der Waals surface area contributed by atoms with E-state index >= 15 is 0 Å². The Morgan fingerprint density at radius 2 is 2.16 bits per heavy atom. The average Bonchev–Trinajstić information content (AvgIpc) is 2.86. The minimum atomic E-state index is -0.317. The molecule has 0 aliphatic rings. The van der Waals surface area contributed by atoms with E-state index < -0.39 is 0 Å². The molecule has 2 rings (SSSR count). The number of ether oxygens (including phenoxy) is 1. The minimum absolute atomic E-state index is 0.317. The molecule has 0 atom stereocenters. The number of benzene rings is 1. The fourth-order valence-corrected chi connectivity index (χ4v) is 2.31. The highest BCUT2D eigenvalue weighted by Crippen LogP contribution is 2.31. The van der Waals surface area contributed by atoms with Gasteiger partial charge in [0.25, 0.3) is 0 Å². The Labute approximate surface area is 120 Å². The minimum Gasteiger partial charge on any atom is -0.495 e. The molecule has 0 unspecified atom stereocenters. The lowest BCUT2D eigenvalue weighted by atomic mass is 10.2. The van der Waals surface area contributed by atoms with Crippen molar-refractivity contribution in [3.63, 3.8) is 0 Å². The molecule has 100 valence electrons. The van der Waals surface area contributed by atoms with E-state index in [1.165, 1.54) is 18.4 Å². The van der Waals surface area contributed by atoms with Crippen LogP contribution in [-0.4, -0.2) is 13.1 Å². The van der Waals surface area contributed by atoms with Gasteiger partial charge < -0.3 is 10.1 Å². The van der Waals surface area contributed by atoms with Crippen LogP contribution in [0.25, 0.3) is 0 Å². The molecule has 1 heterocycles. The summed E-state index contributed by atoms with van der Waals surface area (Å²) < 4.78 is 5.19. The molecule has 0 saturated carbocycles. The second kappa shape index (κ2) is 5.95. The molecule has 0 radical (unpaired) electrons. The third-order valence-electron chi connectivity index (χ3n) is 2.49. The van der Waals surface area contributed by atoms with Crippen LogP contribution in [0.5, 0.6) is 5.75 Å². The Morgan fingerprint density at radius 1 is 1.37 bits per heavy atom. The lowest BCUT2D eigenvalue weighted by Crippen LogP contribution is -2.19. The molecule has 0 fully saturated rings. The summed E-state index contributed by atoms with van der Waals surface area (Å²) in [4.78, 5) is 11.8. The van der Waals surface area contributed by atoms with Crippen LogP contribution in [0.15, 0.2) is 29.6 Å². The van der Waals surface area contributed by atoms with E-state index in [4.69, 9.17) is 16.3 Å². The predicted molar refractivity (Wildman–Crippen MR) is 79.7 cm³/mol. The van der Waals surface area contributed by atoms with E-state index in [0.717, 1.165) is 10.6 Å². The van der Waals surface area contributed by atoms with Crippen LogP contribution in [-0.2, 0) is 0 Å². The average molecular weight is 297 g/mol. The van der Waals surface area contributed by atoms with Crippen molar-refractivity contribution in [3.8, 4) is 5.75 Å². The maximum atomic E-state index is 11.8. The first-order valence-corrected chi connectivity index (χ1v) is 6.81. The fourth-order valence-electron chi connectivity index (χ4n) is 1.54. The summed E-state index contributed by atoms with van der Waals surface area (Å²) in [6, 6.07) is 6.83. The molecule has 0 bridgehead atoms. The first-order valence-electron chi connectivity index (χ1n) is 5.56. The van der Waals surface area contributed by atoms with Gasteiger partial charge in [0.1, 0.15) is 5.75 Å². The lowest BCUT2D eigenvalue weighted by Gasteiger charge is -2.12. The standard InChI is InChI=1S/C13H13ClN2O2S/c1-8-6-10(11(18-2)7-9(8)14)15-13(17)16-12-4-3-5-19-12/h3-7H,1-2H3,(H2,15,16,17). The van der Waals surface area contributed by atoms with Gasteiger partial charge in [0.2, 0.25) is 0 Å². The zero-order chi connectivity index (χ0) is 13.8. The summed E-state index contributed by atoms with van der Waals surface area (Å²) in [7, 11) is 1.53. The van der Waals surface area contributed by atoms with Crippen LogP contribution < -0.4 is 15.4 Å². The molecular weight excluding hydrogens is 284 g/mol. The van der Waals surface area contributed by atoms with Gasteiger partial charge in [-0.2, -0.15) is 0 Å². The van der Waals surface area contributed by atoms with Crippen molar-refractivity contribution in [1.82, 2.24) is 0 Å². The van der Waals surface area contributed by atoms with E-state index in [0.29, 0.717) is 16.5 Å². The molecule has 0 aliphatic carbocycles. The number of urea groups is 1. The number of anilines is 2. The van der Waals surface area contributed by atoms with Crippen LogP contribution in [0, 0.1) is 6.92 Å². The molecular formula is C13H13ClN2O2S. The van der Waals surface area contributed by atoms with E-state index in [1.807, 2.05) is 24.4 Å². The van der Waals surface area contributed by atoms with Crippen molar-refractivity contribution < 1.29 is 9.53 Å². The summed E-state index contributed by atoms with van der Waals surface area (Å²) in [5.41, 5.74) is 1.45. The topological polar surface area (TPSA) is 50.4 Å². The van der Waals surface area contributed by atoms with Crippen LogP contribution in [0.2, 0.25) is 5.02 Å². The van der Waals surface area contributed by atoms with Crippen LogP contribution in [0.4, 0.5) is 15.5 Å². The molecule has 0 aliphatic heterocycles. The Hall–Kier alpha value is -1.72. The number of amides is 2. The van der Waals surface area contributed by atoms with Gasteiger partial charge in [-0.1, -0.05) is 11.6 Å². The van der Waals surface area contributed by atoms with Gasteiger partial charge in [0, 0.05) is 11.1 Å². The van der Waals surface area contributed by atoms with Gasteiger partial charge >= 0.3 is 6.03 Å². The highest BCUT2D eigenvalue weighted by atomic mass is 35.5. The van der Waals surface area contributed by atoms with E-state index in [2.05, 4.69) is 10.6 Å². The van der Waals surface area contributed by atoms with Crippen molar-refractivity contribution in [1.29, 1.82) is 0 Å². The third-order valence-corrected chi connectivity index (χ3v) is 3.68. The number of rotatable bonds is 3. The number of halogens is 1. The number of hydrogen-bond donors (Lipinski definition) is 2. The van der Waals surface area contributed by atoms with Crippen molar-refractivity contribution in [2.24, 2.45) is 0 Å². The van der Waals surface area contributed by atoms with Gasteiger partial charge in [-0.25, -0.2) is 4.79 Å². The first kappa shape index (κ1) is 13.7. The van der Waals surface area contributed by atoms with Crippen molar-refractivity contribution in [2.75, 3.05) is 17.7 Å². The number of carbonyl (C=O) groups is 1. The van der Waals surface area contributed by atoms with Crippen LogP contribution in [0.1, 0.15) is 5.56 Å². The third kappa shape index (κ3) is 3.39. The molecule has 1 aromatic carbocycles. The zero-order valence-electron chi connectivity index (χ0n) is 10.5. The summed E-state index contributed by atoms with van der Waals surface area (Å²) in [6.07, 6.45) is 0. The first-order chi connectivity index (χ1) is 9.10. The summed E-state index contributed by atoms with van der Waals surface area (Å²) >= 11 is 7.46. The predicted octanol–water partition coefficient (Wildman–Crippen LogP) is 4.36. The Balaban J connectivity index is 2.14. The number of thiophene rings is 1. The van der Waals surface area contributed by atoms with Gasteiger partial charge in [0.05, 0.1) is 17.8 Å². The van der Waals surface area contributed by atoms with Gasteiger partial charge in [-0.3, -0.25) is 5.32 Å². The highest BCUT2D eigenvalue weighted by Gasteiger charge is 2.10. The molecule has 4 nitrogen and oxygen atoms in total. The van der Waals surface area contributed by atoms with Crippen molar-refractivity contribution in [2.45, 2.75) is 6.92 Å². The molecule has 2 aromatic rings. The summed E-state index contributed by atoms with van der Waals surface area (Å²) in [6.45, 7) is 1.87. The molecule has 2 amide bonds. The molecule has 19 heavy (non-hydrogen) atoms. The number of aryl methyl sites for hydroxylation is 1. The number of carbonyl (C=O) groups excluding carboxylic acids is 1. The van der Waals surface area contributed by atoms with E-state index in [1.54, 1.807) is 12.1 Å².